The second kappa shape index (κ2) is 3.77. The molecule has 0 aliphatic heterocycles. The molecule has 0 saturated carbocycles. The van der Waals surface area contributed by atoms with Crippen molar-refractivity contribution in [2.75, 3.05) is 0 Å². The number of aryl methyl sites for hydroxylation is 1. The number of ketones is 1. The summed E-state index contributed by atoms with van der Waals surface area (Å²) in [5.41, 5.74) is 6.92. The van der Waals surface area contributed by atoms with Crippen LogP contribution in [0.4, 0.5) is 0 Å². The summed E-state index contributed by atoms with van der Waals surface area (Å²) in [7, 11) is 1.81. The van der Waals surface area contributed by atoms with Crippen LogP contribution in [0.3, 0.4) is 0 Å². The monoisotopic (exact) mass is 209 g/mol. The Balaban J connectivity index is 3.24. The minimum absolute atomic E-state index is 0.0481. The van der Waals surface area contributed by atoms with Gasteiger partial charge >= 0.3 is 0 Å². The zero-order valence-corrected chi connectivity index (χ0v) is 10.0. The van der Waals surface area contributed by atoms with E-state index in [4.69, 9.17) is 5.73 Å². The van der Waals surface area contributed by atoms with Crippen molar-refractivity contribution in [2.45, 2.75) is 39.2 Å². The lowest BCUT2D eigenvalue weighted by atomic mass is 9.87. The van der Waals surface area contributed by atoms with Crippen LogP contribution in [0.2, 0.25) is 0 Å². The third-order valence-electron chi connectivity index (χ3n) is 2.22. The molecule has 84 valence electrons. The van der Waals surface area contributed by atoms with E-state index in [1.165, 1.54) is 0 Å². The van der Waals surface area contributed by atoms with Crippen molar-refractivity contribution >= 4 is 5.78 Å². The highest BCUT2D eigenvalue weighted by Gasteiger charge is 2.26. The standard InChI is InChI=1S/C11H19N3O/c1-7(12)9(15)8-6-14(5)13-10(8)11(2,3)4/h6-7H,12H2,1-5H3. The number of hydrogen-bond donors (Lipinski definition) is 1. The van der Waals surface area contributed by atoms with Crippen LogP contribution in [0.25, 0.3) is 0 Å². The second-order valence-electron chi connectivity index (χ2n) is 4.97. The van der Waals surface area contributed by atoms with Gasteiger partial charge in [0.25, 0.3) is 0 Å². The van der Waals surface area contributed by atoms with Gasteiger partial charge in [-0.05, 0) is 6.92 Å². The zero-order chi connectivity index (χ0) is 11.8. The highest BCUT2D eigenvalue weighted by Crippen LogP contribution is 2.24. The van der Waals surface area contributed by atoms with Gasteiger partial charge in [0.1, 0.15) is 0 Å². The largest absolute Gasteiger partial charge is 0.321 e. The molecule has 0 amide bonds. The Morgan fingerprint density at radius 1 is 1.53 bits per heavy atom. The first kappa shape index (κ1) is 11.9. The van der Waals surface area contributed by atoms with E-state index >= 15 is 0 Å². The highest BCUT2D eigenvalue weighted by atomic mass is 16.1. The number of Topliss-reactive ketones (excluding diaryl/α,β-unsaturated/α-hetero) is 1. The molecular formula is C11H19N3O. The number of nitrogens with zero attached hydrogens (tertiary/aromatic N) is 2. The van der Waals surface area contributed by atoms with E-state index in [-0.39, 0.29) is 11.2 Å². The molecular weight excluding hydrogens is 190 g/mol. The fourth-order valence-corrected chi connectivity index (χ4v) is 1.47. The Bertz CT molecular complexity index is 372. The van der Waals surface area contributed by atoms with Crippen LogP contribution in [0.15, 0.2) is 6.20 Å². The third-order valence-corrected chi connectivity index (χ3v) is 2.22. The molecule has 1 atom stereocenters. The first-order valence-electron chi connectivity index (χ1n) is 5.07. The maximum absolute atomic E-state index is 11.8. The molecule has 0 aliphatic carbocycles. The lowest BCUT2D eigenvalue weighted by molar-refractivity contribution is 0.0965. The van der Waals surface area contributed by atoms with Crippen LogP contribution >= 0.6 is 0 Å². The Labute approximate surface area is 90.5 Å². The molecule has 15 heavy (non-hydrogen) atoms. The summed E-state index contributed by atoms with van der Waals surface area (Å²) in [6.45, 7) is 7.80. The van der Waals surface area contributed by atoms with E-state index in [1.54, 1.807) is 17.8 Å². The quantitative estimate of drug-likeness (QED) is 0.746. The van der Waals surface area contributed by atoms with Crippen molar-refractivity contribution in [3.63, 3.8) is 0 Å². The molecule has 1 rings (SSSR count). The van der Waals surface area contributed by atoms with Gasteiger partial charge in [0, 0.05) is 18.7 Å². The predicted octanol–water partition coefficient (Wildman–Crippen LogP) is 1.25. The number of carbonyl (C=O) groups is 1. The van der Waals surface area contributed by atoms with Gasteiger partial charge in [0.2, 0.25) is 0 Å². The number of aromatic nitrogens is 2. The van der Waals surface area contributed by atoms with Crippen LogP contribution < -0.4 is 5.73 Å². The minimum Gasteiger partial charge on any atom is -0.321 e. The second-order valence-corrected chi connectivity index (χ2v) is 4.97. The Kier molecular flexibility index (Phi) is 3.00. The fraction of sp³-hybridized carbons (Fsp3) is 0.636. The van der Waals surface area contributed by atoms with Crippen LogP contribution in [-0.2, 0) is 12.5 Å². The smallest absolute Gasteiger partial charge is 0.182 e. The maximum Gasteiger partial charge on any atom is 0.182 e. The summed E-state index contributed by atoms with van der Waals surface area (Å²) in [6, 6.07) is -0.477. The molecule has 1 aromatic rings. The highest BCUT2D eigenvalue weighted by molar-refractivity contribution is 6.00. The third kappa shape index (κ3) is 2.45. The normalized spacial score (nSPS) is 14.0. The number of carbonyl (C=O) groups excluding carboxylic acids is 1. The number of hydrogen-bond acceptors (Lipinski definition) is 3. The summed E-state index contributed by atoms with van der Waals surface area (Å²) in [4.78, 5) is 11.8. The molecule has 0 aromatic carbocycles. The van der Waals surface area contributed by atoms with Crippen LogP contribution in [0.1, 0.15) is 43.7 Å². The molecule has 2 N–H and O–H groups in total. The van der Waals surface area contributed by atoms with Gasteiger partial charge in [-0.25, -0.2) is 0 Å². The number of rotatable bonds is 2. The van der Waals surface area contributed by atoms with Crippen LogP contribution in [0, 0.1) is 0 Å². The first-order chi connectivity index (χ1) is 6.73. The average molecular weight is 209 g/mol. The van der Waals surface area contributed by atoms with Crippen molar-refractivity contribution < 1.29 is 4.79 Å². The molecule has 1 aromatic heterocycles. The van der Waals surface area contributed by atoms with Crippen molar-refractivity contribution in [1.29, 1.82) is 0 Å². The topological polar surface area (TPSA) is 60.9 Å². The summed E-state index contributed by atoms with van der Waals surface area (Å²) in [5.74, 6) is -0.0481. The molecule has 0 fully saturated rings. The van der Waals surface area contributed by atoms with Crippen molar-refractivity contribution in [3.8, 4) is 0 Å². The van der Waals surface area contributed by atoms with Gasteiger partial charge in [0.05, 0.1) is 17.3 Å². The summed E-state index contributed by atoms with van der Waals surface area (Å²) in [5, 5.41) is 4.33. The zero-order valence-electron chi connectivity index (χ0n) is 10.0. The maximum atomic E-state index is 11.8. The molecule has 0 radical (unpaired) electrons. The average Bonchev–Trinajstić information content (AvgIpc) is 2.44. The van der Waals surface area contributed by atoms with Gasteiger partial charge in [-0.1, -0.05) is 20.8 Å². The van der Waals surface area contributed by atoms with E-state index in [9.17, 15) is 4.79 Å². The molecule has 1 unspecified atom stereocenters. The van der Waals surface area contributed by atoms with E-state index in [0.29, 0.717) is 5.56 Å². The van der Waals surface area contributed by atoms with Gasteiger partial charge in [-0.2, -0.15) is 5.10 Å². The lowest BCUT2D eigenvalue weighted by Crippen LogP contribution is -2.29. The van der Waals surface area contributed by atoms with Crippen molar-refractivity contribution in [2.24, 2.45) is 12.8 Å². The van der Waals surface area contributed by atoms with Crippen LogP contribution in [0.5, 0.6) is 0 Å². The Hall–Kier alpha value is -1.16. The lowest BCUT2D eigenvalue weighted by Gasteiger charge is -2.17. The molecule has 1 heterocycles. The van der Waals surface area contributed by atoms with Crippen molar-refractivity contribution in [1.82, 2.24) is 9.78 Å². The summed E-state index contributed by atoms with van der Waals surface area (Å²) >= 11 is 0. The Morgan fingerprint density at radius 2 is 2.07 bits per heavy atom. The molecule has 0 bridgehead atoms. The summed E-state index contributed by atoms with van der Waals surface area (Å²) < 4.78 is 1.66. The van der Waals surface area contributed by atoms with E-state index in [0.717, 1.165) is 5.69 Å². The van der Waals surface area contributed by atoms with Crippen molar-refractivity contribution in [3.05, 3.63) is 17.5 Å². The van der Waals surface area contributed by atoms with E-state index in [1.807, 2.05) is 27.8 Å². The molecule has 4 nitrogen and oxygen atoms in total. The van der Waals surface area contributed by atoms with Crippen LogP contribution in [-0.4, -0.2) is 21.6 Å². The van der Waals surface area contributed by atoms with E-state index < -0.39 is 6.04 Å². The number of nitrogens with two attached hydrogens (primary N) is 1. The van der Waals surface area contributed by atoms with Gasteiger partial charge < -0.3 is 5.73 Å². The molecule has 4 heteroatoms. The van der Waals surface area contributed by atoms with Gasteiger partial charge in [0.15, 0.2) is 5.78 Å². The molecule has 0 saturated heterocycles. The van der Waals surface area contributed by atoms with Gasteiger partial charge in [-0.15, -0.1) is 0 Å². The minimum atomic E-state index is -0.477. The molecule has 0 spiro atoms. The molecule has 0 aliphatic rings. The first-order valence-corrected chi connectivity index (χ1v) is 5.07. The predicted molar refractivity (Wildman–Crippen MR) is 59.9 cm³/mol. The SMILES string of the molecule is CC(N)C(=O)c1cn(C)nc1C(C)(C)C. The Morgan fingerprint density at radius 3 is 2.47 bits per heavy atom. The summed E-state index contributed by atoms with van der Waals surface area (Å²) in [6.07, 6.45) is 1.74. The van der Waals surface area contributed by atoms with E-state index in [2.05, 4.69) is 5.10 Å². The van der Waals surface area contributed by atoms with Gasteiger partial charge in [-0.3, -0.25) is 9.48 Å². The fourth-order valence-electron chi connectivity index (χ4n) is 1.47.